The Bertz CT molecular complexity index is 1400. The van der Waals surface area contributed by atoms with E-state index in [4.69, 9.17) is 4.74 Å². The van der Waals surface area contributed by atoms with Gasteiger partial charge in [0.1, 0.15) is 12.4 Å². The van der Waals surface area contributed by atoms with Gasteiger partial charge in [-0.2, -0.15) is 13.2 Å². The Labute approximate surface area is 218 Å². The Hall–Kier alpha value is -4.07. The molecule has 0 aromatic heterocycles. The summed E-state index contributed by atoms with van der Waals surface area (Å²) < 4.78 is 47.8. The summed E-state index contributed by atoms with van der Waals surface area (Å²) in [6, 6.07) is 21.2. The van der Waals surface area contributed by atoms with Gasteiger partial charge in [-0.05, 0) is 47.2 Å². The van der Waals surface area contributed by atoms with Crippen molar-refractivity contribution < 1.29 is 27.5 Å². The van der Waals surface area contributed by atoms with E-state index in [9.17, 15) is 22.8 Å². The molecule has 0 saturated heterocycles. The highest BCUT2D eigenvalue weighted by molar-refractivity contribution is 6.07. The molecule has 2 aliphatic rings. The number of Topliss-reactive ketones (excluding diaryl/α,β-unsaturated/α-hetero) is 1. The first kappa shape index (κ1) is 25.6. The Morgan fingerprint density at radius 3 is 2.32 bits per heavy atom. The molecule has 1 N–H and O–H groups in total. The van der Waals surface area contributed by atoms with Crippen LogP contribution in [-0.4, -0.2) is 17.9 Å². The van der Waals surface area contributed by atoms with Crippen molar-refractivity contribution in [2.24, 2.45) is 5.41 Å². The van der Waals surface area contributed by atoms with Crippen LogP contribution in [0.25, 0.3) is 0 Å². The highest BCUT2D eigenvalue weighted by Gasteiger charge is 2.50. The zero-order chi connectivity index (χ0) is 27.1. The second-order valence-electron chi connectivity index (χ2n) is 10.4. The summed E-state index contributed by atoms with van der Waals surface area (Å²) in [4.78, 5) is 27.2. The zero-order valence-electron chi connectivity index (χ0n) is 21.0. The summed E-state index contributed by atoms with van der Waals surface area (Å²) in [6.45, 7) is 4.21. The summed E-state index contributed by atoms with van der Waals surface area (Å²) >= 11 is 0. The van der Waals surface area contributed by atoms with Crippen LogP contribution in [0.2, 0.25) is 0 Å². The molecule has 1 amide bonds. The molecular weight excluding hydrogens is 493 g/mol. The van der Waals surface area contributed by atoms with Crippen molar-refractivity contribution in [3.05, 3.63) is 101 Å². The van der Waals surface area contributed by atoms with E-state index in [0.29, 0.717) is 40.6 Å². The minimum atomic E-state index is -5.15. The van der Waals surface area contributed by atoms with E-state index in [1.54, 1.807) is 42.5 Å². The number of ether oxygens (including phenoxy) is 1. The number of para-hydroxylation sites is 2. The first-order valence-corrected chi connectivity index (χ1v) is 12.3. The lowest BCUT2D eigenvalue weighted by Gasteiger charge is -2.37. The van der Waals surface area contributed by atoms with Gasteiger partial charge in [-0.1, -0.05) is 68.4 Å². The number of ketones is 1. The molecule has 0 unspecified atom stereocenters. The molecule has 1 aliphatic carbocycles. The van der Waals surface area contributed by atoms with Crippen LogP contribution in [0.4, 0.5) is 24.5 Å². The van der Waals surface area contributed by atoms with Gasteiger partial charge in [0.05, 0.1) is 17.4 Å². The molecule has 0 saturated carbocycles. The van der Waals surface area contributed by atoms with Gasteiger partial charge in [-0.3, -0.25) is 14.5 Å². The maximum atomic E-state index is 14.0. The second kappa shape index (κ2) is 9.67. The number of nitrogens with zero attached hydrogens (tertiary/aromatic N) is 1. The fourth-order valence-electron chi connectivity index (χ4n) is 5.15. The standard InChI is InChI=1S/C30H27F3N2O3/c1-29(2)16-23-26(25(36)17-29)27(20-12-14-21(15-13-20)38-18-19-8-4-3-5-9-19)35(28(37)30(31,32)33)24-11-7-6-10-22(24)34-23/h3-15,27,34H,16-18H2,1-2H3/t27-/m1/s1. The number of fused-ring (bicyclic) bond motifs is 1. The summed E-state index contributed by atoms with van der Waals surface area (Å²) in [5.41, 5.74) is 2.07. The first-order chi connectivity index (χ1) is 18.0. The van der Waals surface area contributed by atoms with E-state index >= 15 is 0 Å². The van der Waals surface area contributed by atoms with Crippen LogP contribution in [0, 0.1) is 5.41 Å². The lowest BCUT2D eigenvalue weighted by Crippen LogP contribution is -2.45. The highest BCUT2D eigenvalue weighted by atomic mass is 19.4. The molecule has 1 atom stereocenters. The second-order valence-corrected chi connectivity index (χ2v) is 10.4. The van der Waals surface area contributed by atoms with Crippen LogP contribution in [0.1, 0.15) is 43.9 Å². The lowest BCUT2D eigenvalue weighted by atomic mass is 9.73. The quantitative estimate of drug-likeness (QED) is 0.404. The molecule has 196 valence electrons. The van der Waals surface area contributed by atoms with Crippen molar-refractivity contribution in [1.82, 2.24) is 0 Å². The number of carbonyl (C=O) groups excluding carboxylic acids is 2. The Balaban J connectivity index is 1.61. The summed E-state index contributed by atoms with van der Waals surface area (Å²) in [5, 5.41) is 3.21. The predicted molar refractivity (Wildman–Crippen MR) is 139 cm³/mol. The normalized spacial score (nSPS) is 18.7. The number of hydrogen-bond donors (Lipinski definition) is 1. The third-order valence-electron chi connectivity index (χ3n) is 6.81. The Morgan fingerprint density at radius 2 is 1.63 bits per heavy atom. The third kappa shape index (κ3) is 5.03. The largest absolute Gasteiger partial charge is 0.489 e. The van der Waals surface area contributed by atoms with Gasteiger partial charge in [-0.25, -0.2) is 0 Å². The van der Waals surface area contributed by atoms with E-state index in [1.807, 2.05) is 44.2 Å². The van der Waals surface area contributed by atoms with Crippen molar-refractivity contribution in [2.75, 3.05) is 10.2 Å². The number of carbonyl (C=O) groups is 2. The van der Waals surface area contributed by atoms with E-state index in [2.05, 4.69) is 5.32 Å². The van der Waals surface area contributed by atoms with E-state index in [-0.39, 0.29) is 28.9 Å². The molecule has 1 aliphatic heterocycles. The van der Waals surface area contributed by atoms with Gasteiger partial charge >= 0.3 is 12.1 Å². The van der Waals surface area contributed by atoms with Gasteiger partial charge in [0.2, 0.25) is 0 Å². The van der Waals surface area contributed by atoms with E-state index < -0.39 is 18.1 Å². The van der Waals surface area contributed by atoms with Crippen molar-refractivity contribution in [2.45, 2.75) is 45.5 Å². The smallest absolute Gasteiger partial charge is 0.471 e. The zero-order valence-corrected chi connectivity index (χ0v) is 21.0. The molecule has 8 heteroatoms. The number of anilines is 2. The summed E-state index contributed by atoms with van der Waals surface area (Å²) in [6.07, 6.45) is -4.54. The molecule has 0 bridgehead atoms. The molecule has 0 spiro atoms. The van der Waals surface area contributed by atoms with Crippen LogP contribution < -0.4 is 15.0 Å². The molecule has 0 fully saturated rings. The summed E-state index contributed by atoms with van der Waals surface area (Å²) in [5.74, 6) is -1.80. The number of amides is 1. The van der Waals surface area contributed by atoms with Crippen molar-refractivity contribution in [3.8, 4) is 5.75 Å². The van der Waals surface area contributed by atoms with Crippen LogP contribution in [0.5, 0.6) is 5.75 Å². The SMILES string of the molecule is CC1(C)CC(=O)C2=C(C1)Nc1ccccc1N(C(=O)C(F)(F)F)[C@@H]2c1ccc(OCc2ccccc2)cc1. The topological polar surface area (TPSA) is 58.6 Å². The molecule has 5 rings (SSSR count). The van der Waals surface area contributed by atoms with Crippen LogP contribution >= 0.6 is 0 Å². The number of benzene rings is 3. The fourth-order valence-corrected chi connectivity index (χ4v) is 5.15. The van der Waals surface area contributed by atoms with E-state index in [0.717, 1.165) is 5.56 Å². The van der Waals surface area contributed by atoms with Crippen LogP contribution in [0.3, 0.4) is 0 Å². The fraction of sp³-hybridized carbons (Fsp3) is 0.267. The maximum absolute atomic E-state index is 14.0. The average molecular weight is 521 g/mol. The number of halogens is 3. The maximum Gasteiger partial charge on any atom is 0.471 e. The van der Waals surface area contributed by atoms with Crippen molar-refractivity contribution in [3.63, 3.8) is 0 Å². The van der Waals surface area contributed by atoms with Crippen LogP contribution in [-0.2, 0) is 16.2 Å². The van der Waals surface area contributed by atoms with Gasteiger partial charge in [0.15, 0.2) is 5.78 Å². The van der Waals surface area contributed by atoms with Crippen LogP contribution in [0.15, 0.2) is 90.1 Å². The highest BCUT2D eigenvalue weighted by Crippen LogP contribution is 2.49. The lowest BCUT2D eigenvalue weighted by molar-refractivity contribution is -0.170. The summed E-state index contributed by atoms with van der Waals surface area (Å²) in [7, 11) is 0. The first-order valence-electron chi connectivity index (χ1n) is 12.3. The molecule has 5 nitrogen and oxygen atoms in total. The monoisotopic (exact) mass is 520 g/mol. The number of alkyl halides is 3. The minimum absolute atomic E-state index is 0.0595. The number of rotatable bonds is 4. The number of hydrogen-bond acceptors (Lipinski definition) is 4. The molecule has 1 heterocycles. The molecule has 3 aromatic carbocycles. The van der Waals surface area contributed by atoms with Gasteiger partial charge in [0.25, 0.3) is 0 Å². The average Bonchev–Trinajstić information content (AvgIpc) is 3.01. The van der Waals surface area contributed by atoms with Crippen molar-refractivity contribution in [1.29, 1.82) is 0 Å². The van der Waals surface area contributed by atoms with Gasteiger partial charge in [0, 0.05) is 17.7 Å². The Kier molecular flexibility index (Phi) is 6.51. The van der Waals surface area contributed by atoms with Crippen molar-refractivity contribution >= 4 is 23.1 Å². The molecule has 38 heavy (non-hydrogen) atoms. The van der Waals surface area contributed by atoms with E-state index in [1.165, 1.54) is 6.07 Å². The molecule has 0 radical (unpaired) electrons. The predicted octanol–water partition coefficient (Wildman–Crippen LogP) is 6.97. The van der Waals surface area contributed by atoms with Gasteiger partial charge < -0.3 is 10.1 Å². The molecule has 3 aromatic rings. The number of nitrogens with one attached hydrogen (secondary N) is 1. The third-order valence-corrected chi connectivity index (χ3v) is 6.81. The number of allylic oxidation sites excluding steroid dienone is 1. The minimum Gasteiger partial charge on any atom is -0.489 e. The Morgan fingerprint density at radius 1 is 0.974 bits per heavy atom. The molecular formula is C30H27F3N2O3. The van der Waals surface area contributed by atoms with Gasteiger partial charge in [-0.15, -0.1) is 0 Å².